The highest BCUT2D eigenvalue weighted by atomic mass is 19.1. The van der Waals surface area contributed by atoms with Crippen molar-refractivity contribution >= 4 is 28.7 Å². The molecule has 2 heterocycles. The number of alkyl carbamates (subject to hydrolysis) is 1. The number of fused-ring (bicyclic) bond motifs is 1. The second-order valence-corrected chi connectivity index (χ2v) is 8.38. The lowest BCUT2D eigenvalue weighted by atomic mass is 10.0. The van der Waals surface area contributed by atoms with Crippen molar-refractivity contribution in [2.45, 2.75) is 51.9 Å². The molecule has 1 saturated heterocycles. The van der Waals surface area contributed by atoms with E-state index in [1.54, 1.807) is 32.6 Å². The first kappa shape index (κ1) is 22.7. The molecule has 2 aromatic rings. The van der Waals surface area contributed by atoms with E-state index in [1.807, 2.05) is 0 Å². The van der Waals surface area contributed by atoms with E-state index in [4.69, 9.17) is 9.47 Å². The standard InChI is InChI=1S/C22H27F2N3O4/c1-5-30-20(28)17-8-6-13-14(23)7-9-18(19(13)25-17)27-11-10-16(15(24)12-27)26-21(29)31-22(2,3)4/h6-9,15-16H,5,10-12H2,1-4H3,(H,26,29)/t15-,16+/m0/s1. The number of benzene rings is 1. The molecule has 7 nitrogen and oxygen atoms in total. The molecule has 1 aliphatic rings. The van der Waals surface area contributed by atoms with E-state index < -0.39 is 35.7 Å². The quantitative estimate of drug-likeness (QED) is 0.732. The molecule has 1 aromatic carbocycles. The zero-order valence-corrected chi connectivity index (χ0v) is 18.1. The van der Waals surface area contributed by atoms with Crippen molar-refractivity contribution in [3.05, 3.63) is 35.8 Å². The molecule has 0 bridgehead atoms. The van der Waals surface area contributed by atoms with Crippen LogP contribution in [-0.2, 0) is 9.47 Å². The van der Waals surface area contributed by atoms with Crippen molar-refractivity contribution in [1.82, 2.24) is 10.3 Å². The monoisotopic (exact) mass is 435 g/mol. The summed E-state index contributed by atoms with van der Waals surface area (Å²) in [6.45, 7) is 7.47. The number of anilines is 1. The summed E-state index contributed by atoms with van der Waals surface area (Å²) in [7, 11) is 0. The first-order valence-electron chi connectivity index (χ1n) is 10.2. The second kappa shape index (κ2) is 9.03. The summed E-state index contributed by atoms with van der Waals surface area (Å²) in [6.07, 6.45) is -1.70. The average Bonchev–Trinajstić information content (AvgIpc) is 2.68. The summed E-state index contributed by atoms with van der Waals surface area (Å²) in [5, 5.41) is 2.81. The molecule has 0 aliphatic carbocycles. The Morgan fingerprint density at radius 2 is 2.00 bits per heavy atom. The van der Waals surface area contributed by atoms with Crippen LogP contribution < -0.4 is 10.2 Å². The number of rotatable bonds is 4. The predicted octanol–water partition coefficient (Wildman–Crippen LogP) is 3.99. The van der Waals surface area contributed by atoms with Crippen LogP contribution in [0.5, 0.6) is 0 Å². The van der Waals surface area contributed by atoms with Crippen molar-refractivity contribution in [1.29, 1.82) is 0 Å². The number of pyridine rings is 1. The maximum absolute atomic E-state index is 14.9. The Balaban J connectivity index is 1.81. The van der Waals surface area contributed by atoms with E-state index in [2.05, 4.69) is 10.3 Å². The Morgan fingerprint density at radius 1 is 1.26 bits per heavy atom. The Hall–Kier alpha value is -2.97. The van der Waals surface area contributed by atoms with E-state index in [0.29, 0.717) is 18.7 Å². The van der Waals surface area contributed by atoms with Crippen LogP contribution in [0.25, 0.3) is 10.9 Å². The minimum Gasteiger partial charge on any atom is -0.461 e. The lowest BCUT2D eigenvalue weighted by Crippen LogP contribution is -2.53. The molecular formula is C22H27F2N3O4. The predicted molar refractivity (Wildman–Crippen MR) is 113 cm³/mol. The molecule has 0 radical (unpaired) electrons. The highest BCUT2D eigenvalue weighted by Crippen LogP contribution is 2.30. The Labute approximate surface area is 179 Å². The van der Waals surface area contributed by atoms with Gasteiger partial charge in [-0.25, -0.2) is 23.4 Å². The first-order chi connectivity index (χ1) is 14.6. The van der Waals surface area contributed by atoms with Gasteiger partial charge in [0.1, 0.15) is 23.3 Å². The van der Waals surface area contributed by atoms with Crippen molar-refractivity contribution in [2.24, 2.45) is 0 Å². The lowest BCUT2D eigenvalue weighted by molar-refractivity contribution is 0.0462. The zero-order valence-electron chi connectivity index (χ0n) is 18.1. The van der Waals surface area contributed by atoms with Gasteiger partial charge >= 0.3 is 12.1 Å². The number of hydrogen-bond acceptors (Lipinski definition) is 6. The molecule has 1 fully saturated rings. The smallest absolute Gasteiger partial charge is 0.407 e. The largest absolute Gasteiger partial charge is 0.461 e. The number of nitrogens with zero attached hydrogens (tertiary/aromatic N) is 2. The highest BCUT2D eigenvalue weighted by molar-refractivity contribution is 5.96. The molecule has 1 aliphatic heterocycles. The van der Waals surface area contributed by atoms with Crippen LogP contribution in [0.3, 0.4) is 0 Å². The third kappa shape index (κ3) is 5.39. The topological polar surface area (TPSA) is 80.8 Å². The Morgan fingerprint density at radius 3 is 2.65 bits per heavy atom. The highest BCUT2D eigenvalue weighted by Gasteiger charge is 2.32. The summed E-state index contributed by atoms with van der Waals surface area (Å²) >= 11 is 0. The van der Waals surface area contributed by atoms with Gasteiger partial charge in [0.2, 0.25) is 0 Å². The summed E-state index contributed by atoms with van der Waals surface area (Å²) in [6, 6.07) is 5.00. The van der Waals surface area contributed by atoms with Crippen LogP contribution in [0.4, 0.5) is 19.3 Å². The molecule has 1 amide bonds. The number of amides is 1. The number of halogens is 2. The number of ether oxygens (including phenoxy) is 2. The van der Waals surface area contributed by atoms with E-state index in [-0.39, 0.29) is 29.7 Å². The molecular weight excluding hydrogens is 408 g/mol. The fourth-order valence-electron chi connectivity index (χ4n) is 3.49. The van der Waals surface area contributed by atoms with Crippen LogP contribution in [0.15, 0.2) is 24.3 Å². The van der Waals surface area contributed by atoms with Gasteiger partial charge in [0, 0.05) is 11.9 Å². The van der Waals surface area contributed by atoms with Gasteiger partial charge in [0.25, 0.3) is 0 Å². The molecule has 3 rings (SSSR count). The number of carbonyl (C=O) groups is 2. The Bertz CT molecular complexity index is 977. The second-order valence-electron chi connectivity index (χ2n) is 8.38. The molecule has 1 aromatic heterocycles. The number of esters is 1. The normalized spacial score (nSPS) is 19.2. The maximum Gasteiger partial charge on any atom is 0.407 e. The van der Waals surface area contributed by atoms with Crippen molar-refractivity contribution < 1.29 is 27.8 Å². The first-order valence-corrected chi connectivity index (χ1v) is 10.2. The van der Waals surface area contributed by atoms with Crippen LogP contribution >= 0.6 is 0 Å². The SMILES string of the molecule is CCOC(=O)c1ccc2c(F)ccc(N3CC[C@@H](NC(=O)OC(C)(C)C)[C@@H](F)C3)c2n1. The van der Waals surface area contributed by atoms with Crippen LogP contribution in [0.1, 0.15) is 44.6 Å². The van der Waals surface area contributed by atoms with Crippen LogP contribution in [0, 0.1) is 5.82 Å². The lowest BCUT2D eigenvalue weighted by Gasteiger charge is -2.37. The molecule has 0 unspecified atom stereocenters. The van der Waals surface area contributed by atoms with E-state index in [9.17, 15) is 18.4 Å². The molecule has 9 heteroatoms. The zero-order chi connectivity index (χ0) is 22.8. The molecule has 1 N–H and O–H groups in total. The minimum atomic E-state index is -1.37. The maximum atomic E-state index is 14.9. The molecule has 0 saturated carbocycles. The average molecular weight is 435 g/mol. The molecule has 31 heavy (non-hydrogen) atoms. The van der Waals surface area contributed by atoms with E-state index in [1.165, 1.54) is 24.3 Å². The van der Waals surface area contributed by atoms with Crippen LogP contribution in [-0.4, -0.2) is 54.6 Å². The summed E-state index contributed by atoms with van der Waals surface area (Å²) in [4.78, 5) is 30.1. The number of carbonyl (C=O) groups excluding carboxylic acids is 2. The number of aromatic nitrogens is 1. The summed E-state index contributed by atoms with van der Waals surface area (Å²) in [5.74, 6) is -1.09. The molecule has 0 spiro atoms. The fraction of sp³-hybridized carbons (Fsp3) is 0.500. The van der Waals surface area contributed by atoms with Gasteiger partial charge in [-0.05, 0) is 58.4 Å². The van der Waals surface area contributed by atoms with Gasteiger partial charge < -0.3 is 19.7 Å². The van der Waals surface area contributed by atoms with Gasteiger partial charge in [0.15, 0.2) is 0 Å². The molecule has 168 valence electrons. The summed E-state index contributed by atoms with van der Waals surface area (Å²) in [5.41, 5.74) is 0.156. The van der Waals surface area contributed by atoms with Gasteiger partial charge in [-0.1, -0.05) is 0 Å². The number of alkyl halides is 1. The minimum absolute atomic E-state index is 0.0213. The number of piperidine rings is 1. The molecule has 2 atom stereocenters. The van der Waals surface area contributed by atoms with Gasteiger partial charge in [-0.3, -0.25) is 0 Å². The Kier molecular flexibility index (Phi) is 6.62. The van der Waals surface area contributed by atoms with E-state index >= 15 is 0 Å². The summed E-state index contributed by atoms with van der Waals surface area (Å²) < 4.78 is 39.4. The third-order valence-corrected chi connectivity index (χ3v) is 4.85. The van der Waals surface area contributed by atoms with Crippen molar-refractivity contribution in [2.75, 3.05) is 24.6 Å². The van der Waals surface area contributed by atoms with Gasteiger partial charge in [0.05, 0.1) is 30.4 Å². The fourth-order valence-corrected chi connectivity index (χ4v) is 3.49. The third-order valence-electron chi connectivity index (χ3n) is 4.85. The van der Waals surface area contributed by atoms with E-state index in [0.717, 1.165) is 0 Å². The number of hydrogen-bond donors (Lipinski definition) is 1. The van der Waals surface area contributed by atoms with Crippen LogP contribution in [0.2, 0.25) is 0 Å². The van der Waals surface area contributed by atoms with Gasteiger partial charge in [-0.2, -0.15) is 0 Å². The van der Waals surface area contributed by atoms with Gasteiger partial charge in [-0.15, -0.1) is 0 Å². The van der Waals surface area contributed by atoms with Crippen molar-refractivity contribution in [3.8, 4) is 0 Å². The van der Waals surface area contributed by atoms with Crippen molar-refractivity contribution in [3.63, 3.8) is 0 Å². The number of nitrogens with one attached hydrogen (secondary N) is 1.